The Morgan fingerprint density at radius 3 is 2.44 bits per heavy atom. The van der Waals surface area contributed by atoms with Crippen molar-refractivity contribution in [2.24, 2.45) is 5.92 Å². The number of amides is 1. The first-order valence-electron chi connectivity index (χ1n) is 6.31. The number of carbonyl (C=O) groups is 2. The summed E-state index contributed by atoms with van der Waals surface area (Å²) < 4.78 is 5.19. The van der Waals surface area contributed by atoms with Crippen molar-refractivity contribution < 1.29 is 19.4 Å². The van der Waals surface area contributed by atoms with E-state index >= 15 is 0 Å². The molecule has 0 saturated carbocycles. The van der Waals surface area contributed by atoms with Gasteiger partial charge < -0.3 is 15.2 Å². The van der Waals surface area contributed by atoms with Gasteiger partial charge in [0, 0.05) is 13.1 Å². The number of rotatable bonds is 6. The molecule has 18 heavy (non-hydrogen) atoms. The number of nitrogens with one attached hydrogen (secondary N) is 1. The van der Waals surface area contributed by atoms with Gasteiger partial charge in [-0.05, 0) is 12.3 Å². The number of carboxylic acids is 1. The Morgan fingerprint density at radius 1 is 1.33 bits per heavy atom. The fraction of sp³-hybridized carbons (Fsp3) is 0.833. The smallest absolute Gasteiger partial charge is 0.326 e. The molecular formula is C12H22N2O4. The molecule has 0 bridgehead atoms. The Hall–Kier alpha value is -1.14. The van der Waals surface area contributed by atoms with E-state index < -0.39 is 12.0 Å². The van der Waals surface area contributed by atoms with E-state index in [1.807, 2.05) is 18.7 Å². The Kier molecular flexibility index (Phi) is 6.07. The highest BCUT2D eigenvalue weighted by Gasteiger charge is 2.22. The lowest BCUT2D eigenvalue weighted by atomic mass is 10.0. The van der Waals surface area contributed by atoms with Crippen molar-refractivity contribution in [1.82, 2.24) is 10.2 Å². The van der Waals surface area contributed by atoms with E-state index in [0.717, 1.165) is 13.1 Å². The van der Waals surface area contributed by atoms with Crippen LogP contribution < -0.4 is 5.32 Å². The number of ether oxygens (including phenoxy) is 1. The Morgan fingerprint density at radius 2 is 1.94 bits per heavy atom. The molecular weight excluding hydrogens is 236 g/mol. The zero-order valence-electron chi connectivity index (χ0n) is 11.0. The van der Waals surface area contributed by atoms with Crippen molar-refractivity contribution >= 4 is 11.9 Å². The molecule has 1 heterocycles. The maximum atomic E-state index is 11.8. The quantitative estimate of drug-likeness (QED) is 0.697. The van der Waals surface area contributed by atoms with Crippen LogP contribution in [0.1, 0.15) is 20.3 Å². The number of nitrogens with zero attached hydrogens (tertiary/aromatic N) is 1. The van der Waals surface area contributed by atoms with Gasteiger partial charge in [-0.1, -0.05) is 13.8 Å². The molecule has 2 N–H and O–H groups in total. The summed E-state index contributed by atoms with van der Waals surface area (Å²) >= 11 is 0. The van der Waals surface area contributed by atoms with Crippen molar-refractivity contribution in [3.8, 4) is 0 Å². The van der Waals surface area contributed by atoms with E-state index in [4.69, 9.17) is 9.84 Å². The minimum Gasteiger partial charge on any atom is -0.480 e. The minimum absolute atomic E-state index is 0.231. The summed E-state index contributed by atoms with van der Waals surface area (Å²) in [5.74, 6) is -0.973. The highest BCUT2D eigenvalue weighted by molar-refractivity contribution is 5.84. The topological polar surface area (TPSA) is 78.9 Å². The summed E-state index contributed by atoms with van der Waals surface area (Å²) in [6.45, 7) is 6.80. The molecule has 0 unspecified atom stereocenters. The molecule has 1 saturated heterocycles. The van der Waals surface area contributed by atoms with Crippen molar-refractivity contribution in [3.63, 3.8) is 0 Å². The number of morpholine rings is 1. The molecule has 0 aromatic carbocycles. The SMILES string of the molecule is CC(C)C[C@H](NC(=O)CN1CCOCC1)C(=O)O. The van der Waals surface area contributed by atoms with Crippen molar-refractivity contribution in [2.75, 3.05) is 32.8 Å². The minimum atomic E-state index is -0.973. The Balaban J connectivity index is 2.37. The fourth-order valence-electron chi connectivity index (χ4n) is 1.90. The van der Waals surface area contributed by atoms with Gasteiger partial charge in [0.05, 0.1) is 19.8 Å². The molecule has 1 amide bonds. The first-order valence-corrected chi connectivity index (χ1v) is 6.31. The van der Waals surface area contributed by atoms with Gasteiger partial charge in [-0.15, -0.1) is 0 Å². The monoisotopic (exact) mass is 258 g/mol. The predicted octanol–water partition coefficient (Wildman–Crippen LogP) is -0.0659. The molecule has 1 aliphatic heterocycles. The first-order chi connectivity index (χ1) is 8.49. The van der Waals surface area contributed by atoms with Crippen LogP contribution in [-0.4, -0.2) is 60.8 Å². The van der Waals surface area contributed by atoms with Crippen molar-refractivity contribution in [1.29, 1.82) is 0 Å². The number of carboxylic acid groups (broad SMARTS) is 1. The van der Waals surface area contributed by atoms with E-state index in [2.05, 4.69) is 5.32 Å². The third kappa shape index (κ3) is 5.46. The molecule has 1 rings (SSSR count). The maximum absolute atomic E-state index is 11.8. The predicted molar refractivity (Wildman–Crippen MR) is 66.3 cm³/mol. The Labute approximate surface area is 107 Å². The normalized spacial score (nSPS) is 18.6. The summed E-state index contributed by atoms with van der Waals surface area (Å²) in [6, 6.07) is -0.793. The van der Waals surface area contributed by atoms with Gasteiger partial charge in [0.25, 0.3) is 0 Å². The largest absolute Gasteiger partial charge is 0.480 e. The summed E-state index contributed by atoms with van der Waals surface area (Å²) in [5, 5.41) is 11.6. The van der Waals surface area contributed by atoms with Crippen LogP contribution in [0.5, 0.6) is 0 Å². The molecule has 0 aromatic heterocycles. The van der Waals surface area contributed by atoms with Crippen LogP contribution in [0, 0.1) is 5.92 Å². The van der Waals surface area contributed by atoms with Gasteiger partial charge in [0.1, 0.15) is 6.04 Å². The summed E-state index contributed by atoms with van der Waals surface area (Å²) in [4.78, 5) is 24.7. The van der Waals surface area contributed by atoms with Crippen LogP contribution in [0.4, 0.5) is 0 Å². The highest BCUT2D eigenvalue weighted by Crippen LogP contribution is 2.05. The van der Waals surface area contributed by atoms with E-state index in [1.165, 1.54) is 0 Å². The molecule has 0 aromatic rings. The first kappa shape index (κ1) is 14.9. The van der Waals surface area contributed by atoms with E-state index in [1.54, 1.807) is 0 Å². The van der Waals surface area contributed by atoms with E-state index in [9.17, 15) is 9.59 Å². The van der Waals surface area contributed by atoms with Gasteiger partial charge in [-0.3, -0.25) is 9.69 Å². The Bertz CT molecular complexity index is 288. The molecule has 1 fully saturated rings. The third-order valence-corrected chi connectivity index (χ3v) is 2.81. The van der Waals surface area contributed by atoms with Crippen LogP contribution in [0.2, 0.25) is 0 Å². The van der Waals surface area contributed by atoms with Crippen LogP contribution in [0.25, 0.3) is 0 Å². The lowest BCUT2D eigenvalue weighted by molar-refractivity contribution is -0.142. The number of carbonyl (C=O) groups excluding carboxylic acids is 1. The highest BCUT2D eigenvalue weighted by atomic mass is 16.5. The fourth-order valence-corrected chi connectivity index (χ4v) is 1.90. The molecule has 6 heteroatoms. The van der Waals surface area contributed by atoms with Crippen LogP contribution in [0.15, 0.2) is 0 Å². The average Bonchev–Trinajstić information content (AvgIpc) is 2.28. The van der Waals surface area contributed by atoms with Crippen molar-refractivity contribution in [2.45, 2.75) is 26.3 Å². The van der Waals surface area contributed by atoms with E-state index in [0.29, 0.717) is 19.6 Å². The number of aliphatic carboxylic acids is 1. The van der Waals surface area contributed by atoms with Gasteiger partial charge >= 0.3 is 5.97 Å². The molecule has 0 spiro atoms. The van der Waals surface area contributed by atoms with Crippen molar-refractivity contribution in [3.05, 3.63) is 0 Å². The van der Waals surface area contributed by atoms with Crippen LogP contribution >= 0.6 is 0 Å². The molecule has 0 aliphatic carbocycles. The van der Waals surface area contributed by atoms with Crippen LogP contribution in [0.3, 0.4) is 0 Å². The summed E-state index contributed by atoms with van der Waals surface area (Å²) in [7, 11) is 0. The second-order valence-corrected chi connectivity index (χ2v) is 4.98. The summed E-state index contributed by atoms with van der Waals surface area (Å²) in [5.41, 5.74) is 0. The third-order valence-electron chi connectivity index (χ3n) is 2.81. The molecule has 0 radical (unpaired) electrons. The van der Waals surface area contributed by atoms with E-state index in [-0.39, 0.29) is 18.4 Å². The lowest BCUT2D eigenvalue weighted by Gasteiger charge is -2.26. The number of hydrogen-bond acceptors (Lipinski definition) is 4. The molecule has 1 atom stereocenters. The van der Waals surface area contributed by atoms with Gasteiger partial charge in [0.2, 0.25) is 5.91 Å². The van der Waals surface area contributed by atoms with Crippen LogP contribution in [-0.2, 0) is 14.3 Å². The summed E-state index contributed by atoms with van der Waals surface area (Å²) in [6.07, 6.45) is 0.449. The maximum Gasteiger partial charge on any atom is 0.326 e. The van der Waals surface area contributed by atoms with Gasteiger partial charge in [-0.25, -0.2) is 4.79 Å². The molecule has 104 valence electrons. The van der Waals surface area contributed by atoms with Gasteiger partial charge in [0.15, 0.2) is 0 Å². The second kappa shape index (κ2) is 7.33. The zero-order valence-corrected chi connectivity index (χ0v) is 11.0. The lowest BCUT2D eigenvalue weighted by Crippen LogP contribution is -2.48. The molecule has 6 nitrogen and oxygen atoms in total. The standard InChI is InChI=1S/C12H22N2O4/c1-9(2)7-10(12(16)17)13-11(15)8-14-3-5-18-6-4-14/h9-10H,3-8H2,1-2H3,(H,13,15)(H,16,17)/t10-/m0/s1. The van der Waals surface area contributed by atoms with Gasteiger partial charge in [-0.2, -0.15) is 0 Å². The average molecular weight is 258 g/mol. The zero-order chi connectivity index (χ0) is 13.5. The second-order valence-electron chi connectivity index (χ2n) is 4.98. The number of hydrogen-bond donors (Lipinski definition) is 2. The molecule has 1 aliphatic rings.